The number of hydroxylamine groups is 1. The minimum atomic E-state index is -0.868. The molecule has 0 saturated heterocycles. The number of ether oxygens (including phenoxy) is 1. The summed E-state index contributed by atoms with van der Waals surface area (Å²) in [5.74, 6) is -3.05. The van der Waals surface area contributed by atoms with Gasteiger partial charge in [0.25, 0.3) is 0 Å². The van der Waals surface area contributed by atoms with Gasteiger partial charge in [0.2, 0.25) is 11.8 Å². The smallest absolute Gasteiger partial charge is 0.329 e. The van der Waals surface area contributed by atoms with Gasteiger partial charge in [-0.25, -0.2) is 10.3 Å². The average molecular weight is 407 g/mol. The fourth-order valence-electron chi connectivity index (χ4n) is 3.44. The van der Waals surface area contributed by atoms with E-state index in [4.69, 9.17) is 9.94 Å². The molecule has 0 heterocycles. The van der Waals surface area contributed by atoms with Crippen LogP contribution >= 0.6 is 0 Å². The Balaban J connectivity index is 3.10. The van der Waals surface area contributed by atoms with Crippen LogP contribution in [0, 0.1) is 17.8 Å². The van der Waals surface area contributed by atoms with E-state index in [0.717, 1.165) is 5.56 Å². The van der Waals surface area contributed by atoms with Gasteiger partial charge in [0.1, 0.15) is 6.04 Å². The van der Waals surface area contributed by atoms with Crippen LogP contribution < -0.4 is 10.8 Å². The fraction of sp³-hybridized carbons (Fsp3) is 0.591. The summed E-state index contributed by atoms with van der Waals surface area (Å²) >= 11 is 0. The van der Waals surface area contributed by atoms with E-state index in [9.17, 15) is 14.4 Å². The Bertz CT molecular complexity index is 660. The van der Waals surface area contributed by atoms with Crippen molar-refractivity contribution < 1.29 is 24.3 Å². The largest absolute Gasteiger partial charge is 0.461 e. The molecule has 1 rings (SSSR count). The molecule has 3 atom stereocenters. The van der Waals surface area contributed by atoms with Crippen LogP contribution in [0.4, 0.5) is 0 Å². The predicted molar refractivity (Wildman–Crippen MR) is 110 cm³/mol. The monoisotopic (exact) mass is 406 g/mol. The minimum Gasteiger partial charge on any atom is -0.461 e. The van der Waals surface area contributed by atoms with Gasteiger partial charge >= 0.3 is 5.97 Å². The fourth-order valence-corrected chi connectivity index (χ4v) is 3.44. The Kier molecular flexibility index (Phi) is 10.4. The van der Waals surface area contributed by atoms with Crippen LogP contribution in [0.3, 0.4) is 0 Å². The Labute approximate surface area is 173 Å². The maximum Gasteiger partial charge on any atom is 0.329 e. The van der Waals surface area contributed by atoms with Crippen LogP contribution in [0.1, 0.15) is 53.0 Å². The van der Waals surface area contributed by atoms with Gasteiger partial charge in [-0.3, -0.25) is 14.8 Å². The molecule has 0 fully saturated rings. The topological polar surface area (TPSA) is 105 Å². The summed E-state index contributed by atoms with van der Waals surface area (Å²) in [7, 11) is 0. The van der Waals surface area contributed by atoms with Crippen molar-refractivity contribution >= 4 is 17.8 Å². The van der Waals surface area contributed by atoms with Crippen molar-refractivity contribution in [3.63, 3.8) is 0 Å². The molecule has 0 spiro atoms. The summed E-state index contributed by atoms with van der Waals surface area (Å²) in [4.78, 5) is 37.9. The number of rotatable bonds is 11. The molecule has 3 N–H and O–H groups in total. The Morgan fingerprint density at radius 3 is 2.14 bits per heavy atom. The molecule has 0 aliphatic carbocycles. The number of benzene rings is 1. The van der Waals surface area contributed by atoms with Crippen molar-refractivity contribution in [1.82, 2.24) is 10.8 Å². The highest BCUT2D eigenvalue weighted by Gasteiger charge is 2.37. The number of carbonyl (C=O) groups is 3. The molecule has 162 valence electrons. The molecule has 1 aromatic rings. The molecule has 0 bridgehead atoms. The Hall–Kier alpha value is -2.41. The van der Waals surface area contributed by atoms with Crippen LogP contribution in [-0.4, -0.2) is 35.1 Å². The molecule has 29 heavy (non-hydrogen) atoms. The van der Waals surface area contributed by atoms with Crippen LogP contribution in [0.25, 0.3) is 0 Å². The maximum absolute atomic E-state index is 13.1. The molecular formula is C22H34N2O5. The van der Waals surface area contributed by atoms with E-state index in [1.165, 1.54) is 0 Å². The van der Waals surface area contributed by atoms with E-state index in [1.807, 2.05) is 51.1 Å². The number of amides is 2. The van der Waals surface area contributed by atoms with Crippen LogP contribution in [0.15, 0.2) is 30.3 Å². The van der Waals surface area contributed by atoms with Gasteiger partial charge in [0.05, 0.1) is 17.9 Å². The van der Waals surface area contributed by atoms with Gasteiger partial charge in [-0.15, -0.1) is 0 Å². The van der Waals surface area contributed by atoms with Crippen LogP contribution in [0.5, 0.6) is 0 Å². The Morgan fingerprint density at radius 1 is 1.03 bits per heavy atom. The van der Waals surface area contributed by atoms with Gasteiger partial charge in [-0.05, 0) is 31.7 Å². The minimum absolute atomic E-state index is 0.164. The first-order chi connectivity index (χ1) is 13.7. The van der Waals surface area contributed by atoms with Crippen LogP contribution in [0.2, 0.25) is 0 Å². The van der Waals surface area contributed by atoms with Gasteiger partial charge < -0.3 is 10.1 Å². The van der Waals surface area contributed by atoms with Crippen molar-refractivity contribution in [3.05, 3.63) is 35.9 Å². The van der Waals surface area contributed by atoms with Crippen molar-refractivity contribution in [2.45, 2.75) is 66.0 Å². The molecule has 0 aromatic heterocycles. The number of carbonyl (C=O) groups excluding carboxylic acids is 3. The molecule has 0 saturated carbocycles. The molecule has 0 aliphatic rings. The molecule has 7 heteroatoms. The molecule has 1 aromatic carbocycles. The van der Waals surface area contributed by atoms with E-state index in [-0.39, 0.29) is 18.4 Å². The number of nitrogens with one attached hydrogen (secondary N) is 2. The summed E-state index contributed by atoms with van der Waals surface area (Å²) in [6.07, 6.45) is 1.10. The standard InChI is InChI=1S/C22H34N2O5/c1-6-10-17(20(25)24-28)19(14(2)3)21(26)23-18(22(27)29-15(4)5)13-16-11-8-7-9-12-16/h7-9,11-12,14-15,17-19,28H,6,10,13H2,1-5H3,(H,23,26)(H,24,25). The highest BCUT2D eigenvalue weighted by molar-refractivity contribution is 5.90. The third-order valence-corrected chi connectivity index (χ3v) is 4.74. The maximum atomic E-state index is 13.1. The zero-order valence-corrected chi connectivity index (χ0v) is 18.0. The first-order valence-electron chi connectivity index (χ1n) is 10.2. The van der Waals surface area contributed by atoms with E-state index >= 15 is 0 Å². The molecular weight excluding hydrogens is 372 g/mol. The quantitative estimate of drug-likeness (QED) is 0.298. The van der Waals surface area contributed by atoms with Gasteiger partial charge in [-0.1, -0.05) is 57.5 Å². The number of esters is 1. The van der Waals surface area contributed by atoms with Crippen molar-refractivity contribution in [3.8, 4) is 0 Å². The lowest BCUT2D eigenvalue weighted by Crippen LogP contribution is -2.50. The number of hydrogen-bond acceptors (Lipinski definition) is 5. The van der Waals surface area contributed by atoms with E-state index < -0.39 is 35.7 Å². The number of hydrogen-bond donors (Lipinski definition) is 3. The molecule has 2 amide bonds. The second-order valence-electron chi connectivity index (χ2n) is 7.88. The highest BCUT2D eigenvalue weighted by Crippen LogP contribution is 2.26. The molecule has 0 aliphatic heterocycles. The summed E-state index contributed by atoms with van der Waals surface area (Å²) < 4.78 is 5.33. The normalized spacial score (nSPS) is 14.2. The highest BCUT2D eigenvalue weighted by atomic mass is 16.5. The van der Waals surface area contributed by atoms with Gasteiger partial charge in [-0.2, -0.15) is 0 Å². The zero-order valence-electron chi connectivity index (χ0n) is 18.0. The third-order valence-electron chi connectivity index (χ3n) is 4.74. The van der Waals surface area contributed by atoms with Gasteiger partial charge in [0, 0.05) is 6.42 Å². The van der Waals surface area contributed by atoms with Crippen molar-refractivity contribution in [1.29, 1.82) is 0 Å². The summed E-state index contributed by atoms with van der Waals surface area (Å²) in [6.45, 7) is 9.09. The SMILES string of the molecule is CCCC(C(=O)NO)C(C(=O)NC(Cc1ccccc1)C(=O)OC(C)C)C(C)C. The lowest BCUT2D eigenvalue weighted by Gasteiger charge is -2.29. The summed E-state index contributed by atoms with van der Waals surface area (Å²) in [5, 5.41) is 11.9. The molecule has 7 nitrogen and oxygen atoms in total. The molecule has 3 unspecified atom stereocenters. The lowest BCUT2D eigenvalue weighted by molar-refractivity contribution is -0.152. The van der Waals surface area contributed by atoms with Crippen molar-refractivity contribution in [2.24, 2.45) is 17.8 Å². The van der Waals surface area contributed by atoms with E-state index in [0.29, 0.717) is 12.8 Å². The van der Waals surface area contributed by atoms with E-state index in [2.05, 4.69) is 5.32 Å². The average Bonchev–Trinajstić information content (AvgIpc) is 2.66. The summed E-state index contributed by atoms with van der Waals surface area (Å²) in [5.41, 5.74) is 2.56. The summed E-state index contributed by atoms with van der Waals surface area (Å²) in [6, 6.07) is 8.49. The third kappa shape index (κ3) is 7.85. The predicted octanol–water partition coefficient (Wildman–Crippen LogP) is 2.86. The second-order valence-corrected chi connectivity index (χ2v) is 7.88. The van der Waals surface area contributed by atoms with Gasteiger partial charge in [0.15, 0.2) is 0 Å². The van der Waals surface area contributed by atoms with Crippen molar-refractivity contribution in [2.75, 3.05) is 0 Å². The first-order valence-corrected chi connectivity index (χ1v) is 10.2. The first kappa shape index (κ1) is 24.6. The zero-order chi connectivity index (χ0) is 22.0. The van der Waals surface area contributed by atoms with E-state index in [1.54, 1.807) is 19.3 Å². The van der Waals surface area contributed by atoms with Crippen LogP contribution in [-0.2, 0) is 25.5 Å². The second kappa shape index (κ2) is 12.2. The lowest BCUT2D eigenvalue weighted by atomic mass is 9.79. The Morgan fingerprint density at radius 2 is 1.66 bits per heavy atom. The molecule has 0 radical (unpaired) electrons.